The zero-order valence-electron chi connectivity index (χ0n) is 14.4. The second-order valence-corrected chi connectivity index (χ2v) is 6.24. The van der Waals surface area contributed by atoms with Gasteiger partial charge in [-0.1, -0.05) is 29.8 Å². The van der Waals surface area contributed by atoms with Gasteiger partial charge in [0.1, 0.15) is 6.54 Å². The summed E-state index contributed by atoms with van der Waals surface area (Å²) >= 11 is 0. The molecule has 132 valence electrons. The minimum atomic E-state index is -0.550. The van der Waals surface area contributed by atoms with Crippen LogP contribution in [0.3, 0.4) is 0 Å². The molecule has 7 heteroatoms. The molecule has 0 aliphatic carbocycles. The van der Waals surface area contributed by atoms with E-state index in [0.717, 1.165) is 11.1 Å². The van der Waals surface area contributed by atoms with Crippen LogP contribution in [0.4, 0.5) is 0 Å². The molecule has 0 unspecified atom stereocenters. The zero-order valence-corrected chi connectivity index (χ0v) is 14.4. The summed E-state index contributed by atoms with van der Waals surface area (Å²) in [6.45, 7) is 5.46. The lowest BCUT2D eigenvalue weighted by Crippen LogP contribution is -2.51. The van der Waals surface area contributed by atoms with Crippen molar-refractivity contribution in [3.05, 3.63) is 46.6 Å². The zero-order chi connectivity index (χ0) is 18.0. The molecule has 0 spiro atoms. The molecule has 0 saturated carbocycles. The van der Waals surface area contributed by atoms with Crippen LogP contribution in [0.15, 0.2) is 39.7 Å². The van der Waals surface area contributed by atoms with E-state index in [2.05, 4.69) is 0 Å². The van der Waals surface area contributed by atoms with Crippen molar-refractivity contribution in [1.29, 1.82) is 0 Å². The number of hydrogen-bond acceptors (Lipinski definition) is 4. The summed E-state index contributed by atoms with van der Waals surface area (Å²) in [5, 5.41) is 0. The predicted octanol–water partition coefficient (Wildman–Crippen LogP) is 1.11. The van der Waals surface area contributed by atoms with Gasteiger partial charge in [0, 0.05) is 38.7 Å². The molecular formula is C18H21N3O4. The summed E-state index contributed by atoms with van der Waals surface area (Å²) in [5.41, 5.74) is 1.91. The van der Waals surface area contributed by atoms with Crippen molar-refractivity contribution in [1.82, 2.24) is 14.4 Å². The minimum absolute atomic E-state index is 0.0147. The third kappa shape index (κ3) is 3.81. The number of amides is 2. The summed E-state index contributed by atoms with van der Waals surface area (Å²) in [4.78, 5) is 39.1. The van der Waals surface area contributed by atoms with Gasteiger partial charge in [-0.05, 0) is 6.92 Å². The van der Waals surface area contributed by atoms with Crippen molar-refractivity contribution in [2.75, 3.05) is 26.2 Å². The van der Waals surface area contributed by atoms with Crippen molar-refractivity contribution in [3.8, 4) is 11.3 Å². The monoisotopic (exact) mass is 343 g/mol. The Morgan fingerprint density at radius 2 is 1.64 bits per heavy atom. The molecule has 2 aromatic rings. The van der Waals surface area contributed by atoms with Gasteiger partial charge >= 0.3 is 5.76 Å². The Bertz CT molecular complexity index is 827. The van der Waals surface area contributed by atoms with Crippen LogP contribution in [-0.4, -0.2) is 52.4 Å². The first kappa shape index (κ1) is 17.0. The Kier molecular flexibility index (Phi) is 4.74. The summed E-state index contributed by atoms with van der Waals surface area (Å²) in [5.74, 6) is -0.243. The molecule has 1 aromatic carbocycles. The van der Waals surface area contributed by atoms with E-state index in [9.17, 15) is 14.4 Å². The van der Waals surface area contributed by atoms with Gasteiger partial charge in [-0.15, -0.1) is 0 Å². The van der Waals surface area contributed by atoms with Crippen LogP contribution >= 0.6 is 0 Å². The fraction of sp³-hybridized carbons (Fsp3) is 0.389. The van der Waals surface area contributed by atoms with E-state index in [1.54, 1.807) is 16.0 Å². The first-order chi connectivity index (χ1) is 11.9. The highest BCUT2D eigenvalue weighted by Gasteiger charge is 2.23. The van der Waals surface area contributed by atoms with E-state index in [0.29, 0.717) is 31.9 Å². The van der Waals surface area contributed by atoms with E-state index in [-0.39, 0.29) is 18.4 Å². The minimum Gasteiger partial charge on any atom is -0.408 e. The fourth-order valence-corrected chi connectivity index (χ4v) is 2.85. The number of oxazole rings is 1. The van der Waals surface area contributed by atoms with Gasteiger partial charge in [0.15, 0.2) is 5.76 Å². The Hall–Kier alpha value is -2.83. The largest absolute Gasteiger partial charge is 0.419 e. The standard InChI is InChI=1S/C18H21N3O4/c1-13-3-5-15(6-4-13)16-11-21(18(24)25-16)12-17(23)20-9-7-19(8-10-20)14(2)22/h3-6,11H,7-10,12H2,1-2H3. The number of carbonyl (C=O) groups is 2. The highest BCUT2D eigenvalue weighted by molar-refractivity contribution is 5.77. The molecule has 0 N–H and O–H groups in total. The molecule has 0 atom stereocenters. The quantitative estimate of drug-likeness (QED) is 0.836. The van der Waals surface area contributed by atoms with Gasteiger partial charge in [0.05, 0.1) is 6.20 Å². The topological polar surface area (TPSA) is 75.8 Å². The maximum absolute atomic E-state index is 12.4. The molecule has 2 amide bonds. The molecule has 2 heterocycles. The van der Waals surface area contributed by atoms with Crippen LogP contribution in [-0.2, 0) is 16.1 Å². The first-order valence-electron chi connectivity index (χ1n) is 8.24. The van der Waals surface area contributed by atoms with Gasteiger partial charge in [-0.3, -0.25) is 14.2 Å². The molecule has 0 bridgehead atoms. The number of aromatic nitrogens is 1. The molecular weight excluding hydrogens is 322 g/mol. The molecule has 1 aliphatic heterocycles. The number of carbonyl (C=O) groups excluding carboxylic acids is 2. The van der Waals surface area contributed by atoms with Crippen LogP contribution in [0.5, 0.6) is 0 Å². The molecule has 7 nitrogen and oxygen atoms in total. The fourth-order valence-electron chi connectivity index (χ4n) is 2.85. The van der Waals surface area contributed by atoms with Crippen LogP contribution in [0.2, 0.25) is 0 Å². The summed E-state index contributed by atoms with van der Waals surface area (Å²) in [6, 6.07) is 7.63. The Labute approximate surface area is 145 Å². The second-order valence-electron chi connectivity index (χ2n) is 6.24. The van der Waals surface area contributed by atoms with E-state index in [1.807, 2.05) is 31.2 Å². The molecule has 1 saturated heterocycles. The van der Waals surface area contributed by atoms with Crippen LogP contribution in [0.1, 0.15) is 12.5 Å². The van der Waals surface area contributed by atoms with Crippen molar-refractivity contribution >= 4 is 11.8 Å². The summed E-state index contributed by atoms with van der Waals surface area (Å²) in [7, 11) is 0. The van der Waals surface area contributed by atoms with Gasteiger partial charge in [0.2, 0.25) is 11.8 Å². The lowest BCUT2D eigenvalue weighted by Gasteiger charge is -2.34. The Balaban J connectivity index is 1.67. The lowest BCUT2D eigenvalue weighted by molar-refractivity contribution is -0.138. The van der Waals surface area contributed by atoms with Gasteiger partial charge in [0.25, 0.3) is 0 Å². The second kappa shape index (κ2) is 6.96. The maximum Gasteiger partial charge on any atom is 0.419 e. The lowest BCUT2D eigenvalue weighted by atomic mass is 10.1. The van der Waals surface area contributed by atoms with Gasteiger partial charge in [-0.25, -0.2) is 4.79 Å². The maximum atomic E-state index is 12.4. The van der Waals surface area contributed by atoms with Crippen molar-refractivity contribution in [2.24, 2.45) is 0 Å². The number of hydrogen-bond donors (Lipinski definition) is 0. The van der Waals surface area contributed by atoms with E-state index >= 15 is 0 Å². The van der Waals surface area contributed by atoms with Crippen molar-refractivity contribution in [3.63, 3.8) is 0 Å². The number of nitrogens with zero attached hydrogens (tertiary/aromatic N) is 3. The average molecular weight is 343 g/mol. The highest BCUT2D eigenvalue weighted by atomic mass is 16.4. The van der Waals surface area contributed by atoms with Gasteiger partial charge in [-0.2, -0.15) is 0 Å². The molecule has 1 fully saturated rings. The smallest absolute Gasteiger partial charge is 0.408 e. The number of benzene rings is 1. The average Bonchev–Trinajstić information content (AvgIpc) is 2.96. The van der Waals surface area contributed by atoms with E-state index in [4.69, 9.17) is 4.42 Å². The Morgan fingerprint density at radius 1 is 1.04 bits per heavy atom. The predicted molar refractivity (Wildman–Crippen MR) is 92.0 cm³/mol. The normalized spacial score (nSPS) is 14.6. The molecule has 3 rings (SSSR count). The highest BCUT2D eigenvalue weighted by Crippen LogP contribution is 2.18. The molecule has 0 radical (unpaired) electrons. The Morgan fingerprint density at radius 3 is 2.24 bits per heavy atom. The third-order valence-corrected chi connectivity index (χ3v) is 4.42. The van der Waals surface area contributed by atoms with Crippen LogP contribution in [0.25, 0.3) is 11.3 Å². The molecule has 25 heavy (non-hydrogen) atoms. The van der Waals surface area contributed by atoms with Crippen LogP contribution in [0, 0.1) is 6.92 Å². The van der Waals surface area contributed by atoms with Gasteiger partial charge < -0.3 is 14.2 Å². The third-order valence-electron chi connectivity index (χ3n) is 4.42. The van der Waals surface area contributed by atoms with Crippen molar-refractivity contribution in [2.45, 2.75) is 20.4 Å². The number of rotatable bonds is 3. The van der Waals surface area contributed by atoms with Crippen LogP contribution < -0.4 is 5.76 Å². The first-order valence-corrected chi connectivity index (χ1v) is 8.24. The SMILES string of the molecule is CC(=O)N1CCN(C(=O)Cn2cc(-c3ccc(C)cc3)oc2=O)CC1. The summed E-state index contributed by atoms with van der Waals surface area (Å²) in [6.07, 6.45) is 1.57. The van der Waals surface area contributed by atoms with E-state index < -0.39 is 5.76 Å². The summed E-state index contributed by atoms with van der Waals surface area (Å²) < 4.78 is 6.55. The number of piperazine rings is 1. The van der Waals surface area contributed by atoms with E-state index in [1.165, 1.54) is 11.5 Å². The molecule has 1 aliphatic rings. The number of aryl methyl sites for hydroxylation is 1. The molecule has 1 aromatic heterocycles. The van der Waals surface area contributed by atoms with Crippen molar-refractivity contribution < 1.29 is 14.0 Å².